The number of nitrogens with one attached hydrogen (secondary N) is 3. The second-order valence-corrected chi connectivity index (χ2v) is 8.40. The summed E-state index contributed by atoms with van der Waals surface area (Å²) in [5, 5.41) is 10.8. The molecule has 2 amide bonds. The van der Waals surface area contributed by atoms with Gasteiger partial charge in [-0.1, -0.05) is 29.8 Å². The number of nitro groups is 1. The third-order valence-electron chi connectivity index (χ3n) is 4.32. The Morgan fingerprint density at radius 2 is 1.41 bits per heavy atom. The van der Waals surface area contributed by atoms with Crippen molar-refractivity contribution in [2.75, 3.05) is 4.72 Å². The first-order valence-electron chi connectivity index (χ1n) is 9.20. The number of aryl methyl sites for hydroxylation is 1. The molecule has 0 radical (unpaired) electrons. The largest absolute Gasteiger partial charge is 0.280 e. The average Bonchev–Trinajstić information content (AvgIpc) is 2.77. The summed E-state index contributed by atoms with van der Waals surface area (Å²) < 4.78 is 27.4. The van der Waals surface area contributed by atoms with Crippen molar-refractivity contribution in [3.63, 3.8) is 0 Å². The highest BCUT2D eigenvalue weighted by Crippen LogP contribution is 2.18. The van der Waals surface area contributed by atoms with Crippen LogP contribution in [0.4, 0.5) is 11.4 Å². The van der Waals surface area contributed by atoms with Gasteiger partial charge in [-0.2, -0.15) is 0 Å². The molecule has 0 aliphatic carbocycles. The van der Waals surface area contributed by atoms with E-state index < -0.39 is 26.8 Å². The first-order valence-corrected chi connectivity index (χ1v) is 10.7. The fourth-order valence-corrected chi connectivity index (χ4v) is 3.72. The lowest BCUT2D eigenvalue weighted by molar-refractivity contribution is -0.384. The van der Waals surface area contributed by atoms with Gasteiger partial charge in [0.2, 0.25) is 0 Å². The third-order valence-corrected chi connectivity index (χ3v) is 5.71. The molecule has 0 saturated heterocycles. The number of hydrogen-bond acceptors (Lipinski definition) is 6. The minimum Gasteiger partial charge on any atom is -0.280 e. The smallest absolute Gasteiger partial charge is 0.270 e. The lowest BCUT2D eigenvalue weighted by Crippen LogP contribution is -2.41. The van der Waals surface area contributed by atoms with Gasteiger partial charge in [-0.25, -0.2) is 8.42 Å². The molecule has 0 aliphatic heterocycles. The molecule has 164 valence electrons. The highest BCUT2D eigenvalue weighted by atomic mass is 32.2. The van der Waals surface area contributed by atoms with Crippen LogP contribution < -0.4 is 15.6 Å². The van der Waals surface area contributed by atoms with Crippen molar-refractivity contribution in [2.45, 2.75) is 11.8 Å². The van der Waals surface area contributed by atoms with Crippen molar-refractivity contribution in [2.24, 2.45) is 0 Å². The predicted octanol–water partition coefficient (Wildman–Crippen LogP) is 2.78. The summed E-state index contributed by atoms with van der Waals surface area (Å²) in [6.45, 7) is 1.84. The maximum Gasteiger partial charge on any atom is 0.270 e. The summed E-state index contributed by atoms with van der Waals surface area (Å²) in [6.07, 6.45) is 0. The summed E-state index contributed by atoms with van der Waals surface area (Å²) >= 11 is 0. The van der Waals surface area contributed by atoms with Crippen LogP contribution in [0.5, 0.6) is 0 Å². The van der Waals surface area contributed by atoms with Crippen LogP contribution in [-0.2, 0) is 10.0 Å². The number of hydrogen-bond donors (Lipinski definition) is 3. The number of non-ortho nitro benzene ring substituents is 1. The van der Waals surface area contributed by atoms with E-state index >= 15 is 0 Å². The van der Waals surface area contributed by atoms with Crippen molar-refractivity contribution < 1.29 is 22.9 Å². The average molecular weight is 454 g/mol. The van der Waals surface area contributed by atoms with Crippen molar-refractivity contribution in [1.82, 2.24) is 10.9 Å². The Labute approximate surface area is 183 Å². The summed E-state index contributed by atoms with van der Waals surface area (Å²) in [5.74, 6) is -1.46. The molecule has 0 spiro atoms. The number of amides is 2. The molecule has 32 heavy (non-hydrogen) atoms. The topological polar surface area (TPSA) is 148 Å². The molecule has 0 saturated carbocycles. The molecule has 0 heterocycles. The molecule has 0 aliphatic rings. The number of rotatable bonds is 6. The highest BCUT2D eigenvalue weighted by Gasteiger charge is 2.16. The summed E-state index contributed by atoms with van der Waals surface area (Å²) in [4.78, 5) is 34.8. The van der Waals surface area contributed by atoms with E-state index in [1.54, 1.807) is 12.1 Å². The van der Waals surface area contributed by atoms with E-state index in [1.807, 2.05) is 6.92 Å². The normalized spacial score (nSPS) is 10.8. The lowest BCUT2D eigenvalue weighted by atomic mass is 10.2. The molecular formula is C21H18N4O6S. The Morgan fingerprint density at radius 1 is 0.844 bits per heavy atom. The van der Waals surface area contributed by atoms with Crippen molar-refractivity contribution in [3.8, 4) is 0 Å². The van der Waals surface area contributed by atoms with Gasteiger partial charge in [0, 0.05) is 28.9 Å². The summed E-state index contributed by atoms with van der Waals surface area (Å²) in [6, 6.07) is 17.0. The molecule has 3 rings (SSSR count). The van der Waals surface area contributed by atoms with Crippen molar-refractivity contribution in [3.05, 3.63) is 99.6 Å². The van der Waals surface area contributed by atoms with E-state index in [-0.39, 0.29) is 27.4 Å². The van der Waals surface area contributed by atoms with Gasteiger partial charge in [0.05, 0.1) is 9.82 Å². The van der Waals surface area contributed by atoms with Crippen LogP contribution >= 0.6 is 0 Å². The van der Waals surface area contributed by atoms with Crippen LogP contribution in [0.25, 0.3) is 0 Å². The van der Waals surface area contributed by atoms with Crippen molar-refractivity contribution >= 4 is 33.2 Å². The molecule has 0 fully saturated rings. The van der Waals surface area contributed by atoms with Gasteiger partial charge in [-0.05, 0) is 43.3 Å². The molecule has 3 N–H and O–H groups in total. The zero-order valence-electron chi connectivity index (χ0n) is 16.7. The molecule has 0 bridgehead atoms. The SMILES string of the molecule is Cc1ccc(S(=O)(=O)Nc2cccc(C(=O)NNC(=O)c3cccc([N+](=O)[O-])c3)c2)cc1. The van der Waals surface area contributed by atoms with Crippen LogP contribution in [-0.4, -0.2) is 25.2 Å². The number of hydrazine groups is 1. The highest BCUT2D eigenvalue weighted by molar-refractivity contribution is 7.92. The molecule has 0 atom stereocenters. The Hall–Kier alpha value is -4.25. The quantitative estimate of drug-likeness (QED) is 0.385. The van der Waals surface area contributed by atoms with E-state index in [0.29, 0.717) is 0 Å². The van der Waals surface area contributed by atoms with Gasteiger partial charge < -0.3 is 0 Å². The summed E-state index contributed by atoms with van der Waals surface area (Å²) in [5.41, 5.74) is 5.21. The van der Waals surface area contributed by atoms with Crippen LogP contribution in [0.3, 0.4) is 0 Å². The summed E-state index contributed by atoms with van der Waals surface area (Å²) in [7, 11) is -3.85. The van der Waals surface area contributed by atoms with Gasteiger partial charge in [-0.3, -0.25) is 35.3 Å². The molecule has 3 aromatic rings. The maximum absolute atomic E-state index is 12.5. The van der Waals surface area contributed by atoms with E-state index in [1.165, 1.54) is 54.6 Å². The number of sulfonamides is 1. The van der Waals surface area contributed by atoms with Gasteiger partial charge in [0.15, 0.2) is 0 Å². The third kappa shape index (κ3) is 5.46. The molecule has 0 aromatic heterocycles. The second-order valence-electron chi connectivity index (χ2n) is 6.72. The molecule has 0 unspecified atom stereocenters. The fourth-order valence-electron chi connectivity index (χ4n) is 2.67. The maximum atomic E-state index is 12.5. The Balaban J connectivity index is 1.67. The Morgan fingerprint density at radius 3 is 2.00 bits per heavy atom. The first kappa shape index (κ1) is 22.4. The van der Waals surface area contributed by atoms with E-state index in [2.05, 4.69) is 15.6 Å². The molecule has 10 nitrogen and oxygen atoms in total. The van der Waals surface area contributed by atoms with Crippen LogP contribution in [0.1, 0.15) is 26.3 Å². The first-order chi connectivity index (χ1) is 15.2. The number of nitrogens with zero attached hydrogens (tertiary/aromatic N) is 1. The molecule has 3 aromatic carbocycles. The number of carbonyl (C=O) groups is 2. The van der Waals surface area contributed by atoms with Crippen molar-refractivity contribution in [1.29, 1.82) is 0 Å². The van der Waals surface area contributed by atoms with E-state index in [9.17, 15) is 28.1 Å². The van der Waals surface area contributed by atoms with Gasteiger partial charge >= 0.3 is 0 Å². The van der Waals surface area contributed by atoms with Gasteiger partial charge in [0.25, 0.3) is 27.5 Å². The molecular weight excluding hydrogens is 436 g/mol. The minimum absolute atomic E-state index is 0.0147. The zero-order valence-corrected chi connectivity index (χ0v) is 17.5. The van der Waals surface area contributed by atoms with Gasteiger partial charge in [-0.15, -0.1) is 0 Å². The monoisotopic (exact) mass is 454 g/mol. The van der Waals surface area contributed by atoms with Crippen LogP contribution in [0.2, 0.25) is 0 Å². The van der Waals surface area contributed by atoms with Gasteiger partial charge in [0.1, 0.15) is 0 Å². The van der Waals surface area contributed by atoms with E-state index in [4.69, 9.17) is 0 Å². The lowest BCUT2D eigenvalue weighted by Gasteiger charge is -2.11. The minimum atomic E-state index is -3.85. The number of nitro benzene ring substituents is 1. The zero-order chi connectivity index (χ0) is 23.3. The standard InChI is InChI=1S/C21H18N4O6S/c1-14-8-10-19(11-9-14)32(30,31)24-17-6-2-4-15(12-17)20(26)22-23-21(27)16-5-3-7-18(13-16)25(28)29/h2-13,24H,1H3,(H,22,26)(H,23,27). The second kappa shape index (κ2) is 9.27. The Kier molecular flexibility index (Phi) is 6.50. The Bertz CT molecular complexity index is 1290. The fraction of sp³-hybridized carbons (Fsp3) is 0.0476. The number of carbonyl (C=O) groups excluding carboxylic acids is 2. The molecule has 11 heteroatoms. The predicted molar refractivity (Wildman–Crippen MR) is 116 cm³/mol. The number of anilines is 1. The van der Waals surface area contributed by atoms with E-state index in [0.717, 1.165) is 11.6 Å². The van der Waals surface area contributed by atoms with Crippen LogP contribution in [0.15, 0.2) is 77.7 Å². The van der Waals surface area contributed by atoms with Crippen LogP contribution in [0, 0.1) is 17.0 Å². The number of benzene rings is 3.